The first kappa shape index (κ1) is 28.3. The number of nitrogens with zero attached hydrogens (tertiary/aromatic N) is 1. The molecule has 2 aromatic heterocycles. The van der Waals surface area contributed by atoms with E-state index in [1.54, 1.807) is 0 Å². The van der Waals surface area contributed by atoms with Crippen LogP contribution in [0.2, 0.25) is 0 Å². The van der Waals surface area contributed by atoms with Gasteiger partial charge in [0.25, 0.3) is 0 Å². The third-order valence-corrected chi connectivity index (χ3v) is 12.0. The number of fused-ring (bicyclic) bond motifs is 8. The highest BCUT2D eigenvalue weighted by Crippen LogP contribution is 2.47. The van der Waals surface area contributed by atoms with E-state index in [4.69, 9.17) is 0 Å². The number of anilines is 3. The fourth-order valence-electron chi connectivity index (χ4n) is 7.38. The van der Waals surface area contributed by atoms with Crippen LogP contribution in [0.25, 0.3) is 73.4 Å². The number of hydrogen-bond acceptors (Lipinski definition) is 3. The molecule has 10 aromatic rings. The molecule has 0 spiro atoms. The molecule has 0 saturated heterocycles. The largest absolute Gasteiger partial charge is 0.310 e. The third-order valence-electron chi connectivity index (χ3n) is 9.68. The van der Waals surface area contributed by atoms with E-state index in [9.17, 15) is 0 Å². The second kappa shape index (κ2) is 11.5. The lowest BCUT2D eigenvalue weighted by molar-refractivity contribution is 1.30. The zero-order valence-corrected chi connectivity index (χ0v) is 28.1. The minimum atomic E-state index is 1.13. The number of benzene rings is 8. The van der Waals surface area contributed by atoms with Crippen molar-refractivity contribution < 1.29 is 0 Å². The maximum Gasteiger partial charge on any atom is 0.0554 e. The lowest BCUT2D eigenvalue weighted by atomic mass is 9.99. The zero-order chi connectivity index (χ0) is 32.3. The monoisotopic (exact) mass is 659 g/mol. The Morgan fingerprint density at radius 2 is 0.898 bits per heavy atom. The molecule has 0 atom stereocenters. The summed E-state index contributed by atoms with van der Waals surface area (Å²) in [5, 5.41) is 7.84. The van der Waals surface area contributed by atoms with Crippen LogP contribution in [0.5, 0.6) is 0 Å². The smallest absolute Gasteiger partial charge is 0.0554 e. The molecule has 0 aliphatic heterocycles. The molecule has 0 saturated carbocycles. The van der Waals surface area contributed by atoms with Crippen molar-refractivity contribution >= 4 is 90.9 Å². The number of rotatable bonds is 5. The van der Waals surface area contributed by atoms with E-state index < -0.39 is 0 Å². The molecule has 0 bridgehead atoms. The molecular formula is C46H29NS2. The van der Waals surface area contributed by atoms with Gasteiger partial charge in [0.1, 0.15) is 0 Å². The molecule has 10 rings (SSSR count). The van der Waals surface area contributed by atoms with Crippen molar-refractivity contribution in [2.45, 2.75) is 0 Å². The average molecular weight is 660 g/mol. The van der Waals surface area contributed by atoms with Crippen molar-refractivity contribution in [3.63, 3.8) is 0 Å². The first-order chi connectivity index (χ1) is 24.3. The summed E-state index contributed by atoms with van der Waals surface area (Å²) in [6.45, 7) is 0. The van der Waals surface area contributed by atoms with E-state index in [1.807, 2.05) is 22.7 Å². The molecule has 2 heterocycles. The Morgan fingerprint density at radius 1 is 0.347 bits per heavy atom. The van der Waals surface area contributed by atoms with Gasteiger partial charge in [0, 0.05) is 57.1 Å². The highest BCUT2D eigenvalue weighted by atomic mass is 32.1. The van der Waals surface area contributed by atoms with Gasteiger partial charge in [-0.25, -0.2) is 0 Å². The molecule has 0 aliphatic rings. The van der Waals surface area contributed by atoms with Gasteiger partial charge in [0.15, 0.2) is 0 Å². The van der Waals surface area contributed by atoms with Crippen LogP contribution >= 0.6 is 22.7 Å². The Bertz CT molecular complexity index is 2810. The van der Waals surface area contributed by atoms with Gasteiger partial charge < -0.3 is 4.90 Å². The van der Waals surface area contributed by atoms with Crippen molar-refractivity contribution in [1.29, 1.82) is 0 Å². The number of thiophene rings is 2. The number of hydrogen-bond donors (Lipinski definition) is 0. The van der Waals surface area contributed by atoms with Crippen molar-refractivity contribution in [3.8, 4) is 22.3 Å². The van der Waals surface area contributed by atoms with Crippen LogP contribution in [0, 0.1) is 0 Å². The maximum atomic E-state index is 2.44. The molecule has 3 heteroatoms. The van der Waals surface area contributed by atoms with Gasteiger partial charge in [-0.1, -0.05) is 133 Å². The summed E-state index contributed by atoms with van der Waals surface area (Å²) in [5.41, 5.74) is 8.38. The Kier molecular flexibility index (Phi) is 6.61. The topological polar surface area (TPSA) is 3.24 Å². The molecule has 0 amide bonds. The van der Waals surface area contributed by atoms with Gasteiger partial charge in [-0.2, -0.15) is 0 Å². The lowest BCUT2D eigenvalue weighted by Gasteiger charge is -2.27. The standard InChI is InChI=1S/C46H29NS2/c1-2-11-30(12-3-1)31-21-25-33(26-22-31)47(41-29-44-45(38-15-5-4-13-36(38)41)40-16-7-9-20-43(40)48-44)34-27-23-32(24-28-34)35-17-10-18-39-37-14-6-8-19-42(37)49-46(35)39/h1-29H. The van der Waals surface area contributed by atoms with Crippen LogP contribution in [0.4, 0.5) is 17.1 Å². The molecule has 0 fully saturated rings. The summed E-state index contributed by atoms with van der Waals surface area (Å²) in [4.78, 5) is 2.44. The quantitative estimate of drug-likeness (QED) is 0.178. The van der Waals surface area contributed by atoms with Crippen LogP contribution in [0.3, 0.4) is 0 Å². The zero-order valence-electron chi connectivity index (χ0n) is 26.5. The second-order valence-electron chi connectivity index (χ2n) is 12.5. The highest BCUT2D eigenvalue weighted by Gasteiger charge is 2.20. The van der Waals surface area contributed by atoms with Crippen molar-refractivity contribution in [1.82, 2.24) is 0 Å². The predicted octanol–water partition coefficient (Wildman–Crippen LogP) is 14.4. The Hall–Kier alpha value is -5.74. The van der Waals surface area contributed by atoms with E-state index in [0.29, 0.717) is 0 Å². The molecule has 0 N–H and O–H groups in total. The minimum Gasteiger partial charge on any atom is -0.310 e. The summed E-state index contributed by atoms with van der Waals surface area (Å²) in [7, 11) is 0. The lowest BCUT2D eigenvalue weighted by Crippen LogP contribution is -2.10. The van der Waals surface area contributed by atoms with Crippen LogP contribution in [-0.2, 0) is 0 Å². The van der Waals surface area contributed by atoms with Gasteiger partial charge in [0.05, 0.1) is 5.69 Å². The van der Waals surface area contributed by atoms with Crippen LogP contribution in [0.1, 0.15) is 0 Å². The van der Waals surface area contributed by atoms with Crippen LogP contribution in [-0.4, -0.2) is 0 Å². The molecule has 49 heavy (non-hydrogen) atoms. The first-order valence-corrected chi connectivity index (χ1v) is 18.2. The molecule has 0 aliphatic carbocycles. The van der Waals surface area contributed by atoms with Crippen molar-refractivity contribution in [2.75, 3.05) is 4.90 Å². The summed E-state index contributed by atoms with van der Waals surface area (Å²) in [6, 6.07) is 64.3. The van der Waals surface area contributed by atoms with Crippen molar-refractivity contribution in [2.24, 2.45) is 0 Å². The molecule has 1 nitrogen and oxygen atoms in total. The van der Waals surface area contributed by atoms with Crippen molar-refractivity contribution in [3.05, 3.63) is 176 Å². The van der Waals surface area contributed by atoms with Gasteiger partial charge in [-0.05, 0) is 70.1 Å². The summed E-state index contributed by atoms with van der Waals surface area (Å²) >= 11 is 3.76. The minimum absolute atomic E-state index is 1.13. The van der Waals surface area contributed by atoms with E-state index in [2.05, 4.69) is 181 Å². The fourth-order valence-corrected chi connectivity index (χ4v) is 9.78. The highest BCUT2D eigenvalue weighted by molar-refractivity contribution is 7.26. The average Bonchev–Trinajstić information content (AvgIpc) is 3.75. The Labute approximate surface area is 292 Å². The molecule has 0 unspecified atom stereocenters. The maximum absolute atomic E-state index is 2.44. The predicted molar refractivity (Wildman–Crippen MR) is 215 cm³/mol. The molecule has 0 radical (unpaired) electrons. The SMILES string of the molecule is c1ccc(-c2ccc(N(c3ccc(-c4cccc5c4sc4ccccc45)cc3)c3cc4sc5ccccc5c4c4ccccc34)cc2)cc1. The Balaban J connectivity index is 1.17. The van der Waals surface area contributed by atoms with E-state index >= 15 is 0 Å². The van der Waals surface area contributed by atoms with E-state index in [1.165, 1.54) is 79.1 Å². The van der Waals surface area contributed by atoms with Crippen LogP contribution in [0.15, 0.2) is 176 Å². The van der Waals surface area contributed by atoms with Gasteiger partial charge in [0.2, 0.25) is 0 Å². The van der Waals surface area contributed by atoms with Crippen LogP contribution < -0.4 is 4.90 Å². The third kappa shape index (κ3) is 4.66. The Morgan fingerprint density at radius 3 is 1.63 bits per heavy atom. The molecule has 8 aromatic carbocycles. The normalized spacial score (nSPS) is 11.7. The second-order valence-corrected chi connectivity index (χ2v) is 14.6. The fraction of sp³-hybridized carbons (Fsp3) is 0. The summed E-state index contributed by atoms with van der Waals surface area (Å²) in [6.07, 6.45) is 0. The molecule has 230 valence electrons. The van der Waals surface area contributed by atoms with E-state index in [-0.39, 0.29) is 0 Å². The van der Waals surface area contributed by atoms with Gasteiger partial charge >= 0.3 is 0 Å². The first-order valence-electron chi connectivity index (χ1n) is 16.6. The summed E-state index contributed by atoms with van der Waals surface area (Å²) in [5.74, 6) is 0. The summed E-state index contributed by atoms with van der Waals surface area (Å²) < 4.78 is 5.29. The molecular weight excluding hydrogens is 631 g/mol. The van der Waals surface area contributed by atoms with Gasteiger partial charge in [-0.15, -0.1) is 22.7 Å². The van der Waals surface area contributed by atoms with Gasteiger partial charge in [-0.3, -0.25) is 0 Å². The van der Waals surface area contributed by atoms with E-state index in [0.717, 1.165) is 11.4 Å².